The summed E-state index contributed by atoms with van der Waals surface area (Å²) in [6, 6.07) is 0. The summed E-state index contributed by atoms with van der Waals surface area (Å²) in [5.41, 5.74) is 0. The van der Waals surface area contributed by atoms with Gasteiger partial charge in [0, 0.05) is 0 Å². The molecule has 0 bridgehead atoms. The van der Waals surface area contributed by atoms with Gasteiger partial charge in [0.25, 0.3) is 0 Å². The van der Waals surface area contributed by atoms with E-state index < -0.39 is 12.3 Å². The van der Waals surface area contributed by atoms with Gasteiger partial charge in [-0.15, -0.1) is 0 Å². The van der Waals surface area contributed by atoms with Crippen molar-refractivity contribution in [3.8, 4) is 0 Å². The number of ether oxygens (including phenoxy) is 2. The molecule has 0 heterocycles. The summed E-state index contributed by atoms with van der Waals surface area (Å²) in [6.45, 7) is 0.446. The number of rotatable bonds is 8. The van der Waals surface area contributed by atoms with Gasteiger partial charge in [-0.25, -0.2) is 9.59 Å². The van der Waals surface area contributed by atoms with E-state index >= 15 is 0 Å². The van der Waals surface area contributed by atoms with Crippen molar-refractivity contribution < 1.29 is 29.3 Å². The Hall–Kier alpha value is -1.46. The van der Waals surface area contributed by atoms with Crippen LogP contribution in [0.5, 0.6) is 0 Å². The molecule has 0 spiro atoms. The van der Waals surface area contributed by atoms with Crippen LogP contribution in [0.2, 0.25) is 0 Å². The van der Waals surface area contributed by atoms with Crippen LogP contribution in [0, 0.1) is 0 Å². The van der Waals surface area contributed by atoms with Crippen molar-refractivity contribution in [1.82, 2.24) is 0 Å². The van der Waals surface area contributed by atoms with Crippen molar-refractivity contribution in [2.75, 3.05) is 13.2 Å². The fourth-order valence-corrected chi connectivity index (χ4v) is 1.05. The van der Waals surface area contributed by atoms with Gasteiger partial charge in [-0.1, -0.05) is 19.3 Å². The second-order valence-corrected chi connectivity index (χ2v) is 3.00. The Labute approximate surface area is 87.8 Å². The molecule has 0 aliphatic heterocycles. The van der Waals surface area contributed by atoms with Gasteiger partial charge in [0.15, 0.2) is 0 Å². The van der Waals surface area contributed by atoms with Gasteiger partial charge >= 0.3 is 12.3 Å². The standard InChI is InChI=1S/C9H16O6/c10-8(11)14-6-4-2-1-3-5-7-15-9(12)13/h1-7H2,(H,10,11)(H,12,13). The molecular formula is C9H16O6. The van der Waals surface area contributed by atoms with Crippen LogP contribution in [0.25, 0.3) is 0 Å². The highest BCUT2D eigenvalue weighted by atomic mass is 16.7. The maximum Gasteiger partial charge on any atom is 0.505 e. The van der Waals surface area contributed by atoms with E-state index in [9.17, 15) is 9.59 Å². The van der Waals surface area contributed by atoms with Gasteiger partial charge < -0.3 is 19.7 Å². The van der Waals surface area contributed by atoms with Gasteiger partial charge in [-0.3, -0.25) is 0 Å². The summed E-state index contributed by atoms with van der Waals surface area (Å²) in [6.07, 6.45) is 1.58. The molecule has 6 heteroatoms. The second-order valence-electron chi connectivity index (χ2n) is 3.00. The van der Waals surface area contributed by atoms with Crippen molar-refractivity contribution in [1.29, 1.82) is 0 Å². The monoisotopic (exact) mass is 220 g/mol. The van der Waals surface area contributed by atoms with E-state index in [0.29, 0.717) is 12.8 Å². The van der Waals surface area contributed by atoms with Crippen LogP contribution >= 0.6 is 0 Å². The van der Waals surface area contributed by atoms with Crippen molar-refractivity contribution in [2.24, 2.45) is 0 Å². The Morgan fingerprint density at radius 2 is 1.07 bits per heavy atom. The van der Waals surface area contributed by atoms with Crippen LogP contribution in [-0.4, -0.2) is 35.7 Å². The molecule has 0 aromatic carbocycles. The van der Waals surface area contributed by atoms with Crippen LogP contribution in [0.1, 0.15) is 32.1 Å². The Kier molecular flexibility index (Phi) is 8.22. The maximum atomic E-state index is 9.94. The average molecular weight is 220 g/mol. The minimum atomic E-state index is -1.25. The molecule has 88 valence electrons. The van der Waals surface area contributed by atoms with Gasteiger partial charge in [-0.2, -0.15) is 0 Å². The van der Waals surface area contributed by atoms with Crippen LogP contribution in [0.15, 0.2) is 0 Å². The Bertz CT molecular complexity index is 171. The summed E-state index contributed by atoms with van der Waals surface area (Å²) in [7, 11) is 0. The van der Waals surface area contributed by atoms with Gasteiger partial charge in [0.2, 0.25) is 0 Å². The molecule has 2 N–H and O–H groups in total. The molecule has 0 unspecified atom stereocenters. The zero-order valence-electron chi connectivity index (χ0n) is 8.48. The van der Waals surface area contributed by atoms with E-state index in [1.807, 2.05) is 0 Å². The largest absolute Gasteiger partial charge is 0.505 e. The van der Waals surface area contributed by atoms with Gasteiger partial charge in [-0.05, 0) is 12.8 Å². The predicted molar refractivity (Wildman–Crippen MR) is 51.0 cm³/mol. The van der Waals surface area contributed by atoms with Gasteiger partial charge in [0.05, 0.1) is 13.2 Å². The van der Waals surface area contributed by atoms with E-state index in [2.05, 4.69) is 9.47 Å². The van der Waals surface area contributed by atoms with Crippen LogP contribution < -0.4 is 0 Å². The third-order valence-electron chi connectivity index (χ3n) is 1.74. The minimum Gasteiger partial charge on any atom is -0.450 e. The molecular weight excluding hydrogens is 204 g/mol. The Morgan fingerprint density at radius 3 is 1.40 bits per heavy atom. The maximum absolute atomic E-state index is 9.94. The average Bonchev–Trinajstić information content (AvgIpc) is 2.14. The zero-order chi connectivity index (χ0) is 11.5. The Balaban J connectivity index is 2.99. The molecule has 0 rings (SSSR count). The number of carbonyl (C=O) groups is 2. The molecule has 0 atom stereocenters. The third-order valence-corrected chi connectivity index (χ3v) is 1.74. The lowest BCUT2D eigenvalue weighted by atomic mass is 10.1. The first-order chi connectivity index (χ1) is 7.13. The lowest BCUT2D eigenvalue weighted by Gasteiger charge is -2.01. The van der Waals surface area contributed by atoms with Crippen molar-refractivity contribution in [2.45, 2.75) is 32.1 Å². The molecule has 6 nitrogen and oxygen atoms in total. The molecule has 0 aliphatic carbocycles. The second kappa shape index (κ2) is 9.11. The predicted octanol–water partition coefficient (Wildman–Crippen LogP) is 2.33. The molecule has 0 aromatic heterocycles. The Morgan fingerprint density at radius 1 is 0.733 bits per heavy atom. The molecule has 0 amide bonds. The molecule has 0 aliphatic rings. The van der Waals surface area contributed by atoms with Crippen molar-refractivity contribution in [3.63, 3.8) is 0 Å². The summed E-state index contributed by atoms with van der Waals surface area (Å²) in [4.78, 5) is 19.9. The molecule has 0 fully saturated rings. The summed E-state index contributed by atoms with van der Waals surface area (Å²) in [5, 5.41) is 16.3. The number of carboxylic acid groups (broad SMARTS) is 2. The highest BCUT2D eigenvalue weighted by molar-refractivity contribution is 5.56. The minimum absolute atomic E-state index is 0.223. The van der Waals surface area contributed by atoms with Crippen LogP contribution in [0.3, 0.4) is 0 Å². The third kappa shape index (κ3) is 12.5. The molecule has 0 aromatic rings. The van der Waals surface area contributed by atoms with Gasteiger partial charge in [0.1, 0.15) is 0 Å². The number of hydrogen-bond donors (Lipinski definition) is 2. The lowest BCUT2D eigenvalue weighted by molar-refractivity contribution is 0.0894. The quantitative estimate of drug-likeness (QED) is 0.481. The van der Waals surface area contributed by atoms with E-state index in [-0.39, 0.29) is 13.2 Å². The smallest absolute Gasteiger partial charge is 0.450 e. The topological polar surface area (TPSA) is 93.1 Å². The summed E-state index contributed by atoms with van der Waals surface area (Å²) in [5.74, 6) is 0. The summed E-state index contributed by atoms with van der Waals surface area (Å²) < 4.78 is 8.63. The van der Waals surface area contributed by atoms with Crippen molar-refractivity contribution >= 4 is 12.3 Å². The van der Waals surface area contributed by atoms with Crippen LogP contribution in [-0.2, 0) is 9.47 Å². The molecule has 0 saturated carbocycles. The fourth-order valence-electron chi connectivity index (χ4n) is 1.05. The molecule has 0 saturated heterocycles. The summed E-state index contributed by atoms with van der Waals surface area (Å²) >= 11 is 0. The van der Waals surface area contributed by atoms with E-state index in [4.69, 9.17) is 10.2 Å². The van der Waals surface area contributed by atoms with E-state index in [0.717, 1.165) is 19.3 Å². The molecule has 0 radical (unpaired) electrons. The van der Waals surface area contributed by atoms with E-state index in [1.165, 1.54) is 0 Å². The first kappa shape index (κ1) is 13.5. The first-order valence-electron chi connectivity index (χ1n) is 4.84. The zero-order valence-corrected chi connectivity index (χ0v) is 8.48. The molecule has 15 heavy (non-hydrogen) atoms. The highest BCUT2D eigenvalue weighted by Crippen LogP contribution is 2.03. The SMILES string of the molecule is O=C(O)OCCCCCCCOC(=O)O. The normalized spacial score (nSPS) is 9.60. The van der Waals surface area contributed by atoms with Crippen molar-refractivity contribution in [3.05, 3.63) is 0 Å². The first-order valence-corrected chi connectivity index (χ1v) is 4.84. The van der Waals surface area contributed by atoms with E-state index in [1.54, 1.807) is 0 Å². The lowest BCUT2D eigenvalue weighted by Crippen LogP contribution is -2.02. The number of hydrogen-bond acceptors (Lipinski definition) is 4. The number of unbranched alkanes of at least 4 members (excludes halogenated alkanes) is 4. The van der Waals surface area contributed by atoms with Crippen LogP contribution in [0.4, 0.5) is 9.59 Å². The fraction of sp³-hybridized carbons (Fsp3) is 0.778. The highest BCUT2D eigenvalue weighted by Gasteiger charge is 1.97.